The van der Waals surface area contributed by atoms with Crippen LogP contribution in [-0.2, 0) is 6.54 Å². The monoisotopic (exact) mass is 386 g/mol. The van der Waals surface area contributed by atoms with E-state index < -0.39 is 0 Å². The molecule has 6 heteroatoms. The Morgan fingerprint density at radius 1 is 1.00 bits per heavy atom. The maximum Gasteiger partial charge on any atom is 0.251 e. The fourth-order valence-corrected chi connectivity index (χ4v) is 3.24. The third kappa shape index (κ3) is 3.78. The molecule has 0 bridgehead atoms. The summed E-state index contributed by atoms with van der Waals surface area (Å²) in [6.45, 7) is 0.629. The van der Waals surface area contributed by atoms with Crippen molar-refractivity contribution in [3.63, 3.8) is 0 Å². The van der Waals surface area contributed by atoms with Crippen LogP contribution in [0.15, 0.2) is 72.8 Å². The lowest BCUT2D eigenvalue weighted by atomic mass is 10.2. The number of nitrogens with one attached hydrogen (secondary N) is 2. The number of aromatic nitrogens is 2. The third-order valence-electron chi connectivity index (χ3n) is 4.79. The van der Waals surface area contributed by atoms with Gasteiger partial charge in [0.1, 0.15) is 5.75 Å². The molecule has 0 aliphatic rings. The Hall–Kier alpha value is -3.80. The number of methoxy groups -OCH3 is 1. The largest absolute Gasteiger partial charge is 0.497 e. The van der Waals surface area contributed by atoms with Crippen LogP contribution in [0.3, 0.4) is 0 Å². The molecule has 0 fully saturated rings. The third-order valence-corrected chi connectivity index (χ3v) is 4.79. The van der Waals surface area contributed by atoms with Crippen LogP contribution in [-0.4, -0.2) is 29.6 Å². The Morgan fingerprint density at radius 3 is 2.41 bits per heavy atom. The summed E-state index contributed by atoms with van der Waals surface area (Å²) in [5.74, 6) is 1.47. The maximum atomic E-state index is 11.8. The highest BCUT2D eigenvalue weighted by Gasteiger charge is 2.13. The Bertz CT molecular complexity index is 1130. The first-order valence-corrected chi connectivity index (χ1v) is 9.36. The molecule has 0 aliphatic heterocycles. The van der Waals surface area contributed by atoms with Gasteiger partial charge in [-0.15, -0.1) is 0 Å². The summed E-state index contributed by atoms with van der Waals surface area (Å²) in [5, 5.41) is 6.08. The van der Waals surface area contributed by atoms with E-state index in [-0.39, 0.29) is 5.91 Å². The van der Waals surface area contributed by atoms with Crippen molar-refractivity contribution in [2.45, 2.75) is 6.54 Å². The van der Waals surface area contributed by atoms with Gasteiger partial charge in [0.15, 0.2) is 0 Å². The Balaban J connectivity index is 1.67. The van der Waals surface area contributed by atoms with Crippen LogP contribution in [0.4, 0.5) is 5.95 Å². The zero-order valence-electron chi connectivity index (χ0n) is 16.3. The van der Waals surface area contributed by atoms with Crippen LogP contribution in [0.2, 0.25) is 0 Å². The molecule has 6 nitrogen and oxygen atoms in total. The number of fused-ring (bicyclic) bond motifs is 1. The van der Waals surface area contributed by atoms with E-state index in [0.29, 0.717) is 12.1 Å². The summed E-state index contributed by atoms with van der Waals surface area (Å²) in [5.41, 5.74) is 4.58. The van der Waals surface area contributed by atoms with Gasteiger partial charge in [0.25, 0.3) is 5.91 Å². The van der Waals surface area contributed by atoms with Crippen LogP contribution in [0.1, 0.15) is 15.9 Å². The summed E-state index contributed by atoms with van der Waals surface area (Å²) in [7, 11) is 3.28. The van der Waals surface area contributed by atoms with Crippen molar-refractivity contribution < 1.29 is 9.53 Å². The maximum absolute atomic E-state index is 11.8. The van der Waals surface area contributed by atoms with E-state index >= 15 is 0 Å². The normalized spacial score (nSPS) is 10.7. The molecule has 0 atom stereocenters. The van der Waals surface area contributed by atoms with Gasteiger partial charge in [0.05, 0.1) is 18.1 Å². The van der Waals surface area contributed by atoms with E-state index in [4.69, 9.17) is 9.72 Å². The molecular weight excluding hydrogens is 364 g/mol. The van der Waals surface area contributed by atoms with Crippen LogP contribution in [0.25, 0.3) is 16.7 Å². The number of carbonyl (C=O) groups excluding carboxylic acids is 1. The molecule has 1 heterocycles. The second-order valence-corrected chi connectivity index (χ2v) is 6.59. The van der Waals surface area contributed by atoms with Crippen molar-refractivity contribution in [1.29, 1.82) is 0 Å². The predicted octanol–water partition coefficient (Wildman–Crippen LogP) is 4.01. The number of carbonyl (C=O) groups is 1. The second-order valence-electron chi connectivity index (χ2n) is 6.59. The molecule has 0 aliphatic carbocycles. The SMILES string of the molecule is CNC(=O)c1ccc(-n2c(NCc3ccc(OC)cc3)nc3ccccc32)cc1. The van der Waals surface area contributed by atoms with Crippen molar-refractivity contribution in [1.82, 2.24) is 14.9 Å². The molecule has 1 aromatic heterocycles. The van der Waals surface area contributed by atoms with E-state index in [0.717, 1.165) is 34.0 Å². The lowest BCUT2D eigenvalue weighted by Crippen LogP contribution is -2.17. The number of rotatable bonds is 6. The van der Waals surface area contributed by atoms with Gasteiger partial charge in [-0.05, 0) is 54.1 Å². The zero-order chi connectivity index (χ0) is 20.2. The van der Waals surface area contributed by atoms with E-state index in [1.54, 1.807) is 14.2 Å². The number of nitrogens with zero attached hydrogens (tertiary/aromatic N) is 2. The highest BCUT2D eigenvalue weighted by Crippen LogP contribution is 2.25. The van der Waals surface area contributed by atoms with Crippen molar-refractivity contribution in [3.05, 3.63) is 83.9 Å². The van der Waals surface area contributed by atoms with Crippen molar-refractivity contribution in [3.8, 4) is 11.4 Å². The molecule has 3 aromatic carbocycles. The van der Waals surface area contributed by atoms with Crippen LogP contribution in [0, 0.1) is 0 Å². The minimum absolute atomic E-state index is 0.107. The van der Waals surface area contributed by atoms with Gasteiger partial charge in [0.2, 0.25) is 5.95 Å². The first kappa shape index (κ1) is 18.6. The molecule has 29 heavy (non-hydrogen) atoms. The topological polar surface area (TPSA) is 68.2 Å². The molecule has 146 valence electrons. The molecule has 0 radical (unpaired) electrons. The highest BCUT2D eigenvalue weighted by molar-refractivity contribution is 5.94. The number of benzene rings is 3. The Labute approximate surface area is 169 Å². The Kier molecular flexibility index (Phi) is 5.16. The molecule has 1 amide bonds. The summed E-state index contributed by atoms with van der Waals surface area (Å²) in [6, 6.07) is 23.4. The number of anilines is 1. The zero-order valence-corrected chi connectivity index (χ0v) is 16.3. The molecule has 4 aromatic rings. The lowest BCUT2D eigenvalue weighted by molar-refractivity contribution is 0.0963. The minimum Gasteiger partial charge on any atom is -0.497 e. The first-order chi connectivity index (χ1) is 14.2. The van der Waals surface area contributed by atoms with Crippen LogP contribution >= 0.6 is 0 Å². The molecule has 0 unspecified atom stereocenters. The lowest BCUT2D eigenvalue weighted by Gasteiger charge is -2.12. The fraction of sp³-hybridized carbons (Fsp3) is 0.130. The van der Waals surface area contributed by atoms with Gasteiger partial charge in [0, 0.05) is 24.8 Å². The van der Waals surface area contributed by atoms with Gasteiger partial charge in [-0.3, -0.25) is 9.36 Å². The summed E-state index contributed by atoms with van der Waals surface area (Å²) < 4.78 is 7.28. The van der Waals surface area contributed by atoms with Gasteiger partial charge >= 0.3 is 0 Å². The second kappa shape index (κ2) is 8.06. The highest BCUT2D eigenvalue weighted by atomic mass is 16.5. The number of hydrogen-bond acceptors (Lipinski definition) is 4. The standard InChI is InChI=1S/C23H22N4O2/c1-24-22(28)17-9-11-18(12-10-17)27-21-6-4-3-5-20(21)26-23(27)25-15-16-7-13-19(29-2)14-8-16/h3-14H,15H2,1-2H3,(H,24,28)(H,25,26). The smallest absolute Gasteiger partial charge is 0.251 e. The Morgan fingerprint density at radius 2 is 1.72 bits per heavy atom. The van der Waals surface area contributed by atoms with Gasteiger partial charge in [-0.25, -0.2) is 4.98 Å². The molecule has 2 N–H and O–H groups in total. The molecule has 0 saturated heterocycles. The minimum atomic E-state index is -0.107. The van der Waals surface area contributed by atoms with Gasteiger partial charge in [-0.2, -0.15) is 0 Å². The summed E-state index contributed by atoms with van der Waals surface area (Å²) in [6.07, 6.45) is 0. The average Bonchev–Trinajstić information content (AvgIpc) is 3.16. The van der Waals surface area contributed by atoms with E-state index in [9.17, 15) is 4.79 Å². The predicted molar refractivity (Wildman–Crippen MR) is 115 cm³/mol. The number of hydrogen-bond donors (Lipinski definition) is 2. The first-order valence-electron chi connectivity index (χ1n) is 9.36. The van der Waals surface area contributed by atoms with Crippen molar-refractivity contribution >= 4 is 22.9 Å². The van der Waals surface area contributed by atoms with Gasteiger partial charge < -0.3 is 15.4 Å². The van der Waals surface area contributed by atoms with E-state index in [2.05, 4.69) is 15.2 Å². The van der Waals surface area contributed by atoms with E-state index in [1.165, 1.54) is 0 Å². The number of imidazole rings is 1. The average molecular weight is 386 g/mol. The quantitative estimate of drug-likeness (QED) is 0.525. The van der Waals surface area contributed by atoms with Gasteiger partial charge in [-0.1, -0.05) is 24.3 Å². The number of amides is 1. The van der Waals surface area contributed by atoms with Crippen LogP contribution in [0.5, 0.6) is 5.75 Å². The van der Waals surface area contributed by atoms with Crippen LogP contribution < -0.4 is 15.4 Å². The molecular formula is C23H22N4O2. The summed E-state index contributed by atoms with van der Waals surface area (Å²) in [4.78, 5) is 16.6. The van der Waals surface area contributed by atoms with Crippen molar-refractivity contribution in [2.24, 2.45) is 0 Å². The summed E-state index contributed by atoms with van der Waals surface area (Å²) >= 11 is 0. The molecule has 4 rings (SSSR count). The fourth-order valence-electron chi connectivity index (χ4n) is 3.24. The molecule has 0 saturated carbocycles. The van der Waals surface area contributed by atoms with Crippen molar-refractivity contribution in [2.75, 3.05) is 19.5 Å². The van der Waals surface area contributed by atoms with E-state index in [1.807, 2.05) is 72.8 Å². The number of para-hydroxylation sites is 2. The number of ether oxygens (including phenoxy) is 1. The molecule has 0 spiro atoms.